The maximum absolute atomic E-state index is 12.8. The van der Waals surface area contributed by atoms with E-state index in [-0.39, 0.29) is 17.0 Å². The van der Waals surface area contributed by atoms with Crippen LogP contribution in [0.5, 0.6) is 0 Å². The van der Waals surface area contributed by atoms with Crippen LogP contribution in [0.4, 0.5) is 13.2 Å². The molecule has 0 bridgehead atoms. The van der Waals surface area contributed by atoms with Crippen molar-refractivity contribution < 1.29 is 31.1 Å². The van der Waals surface area contributed by atoms with Crippen LogP contribution >= 0.6 is 0 Å². The van der Waals surface area contributed by atoms with Crippen molar-refractivity contribution in [1.82, 2.24) is 9.21 Å². The summed E-state index contributed by atoms with van der Waals surface area (Å²) >= 11 is 0. The van der Waals surface area contributed by atoms with E-state index in [9.17, 15) is 21.6 Å². The summed E-state index contributed by atoms with van der Waals surface area (Å²) in [6.07, 6.45) is 0.521. The van der Waals surface area contributed by atoms with Crippen molar-refractivity contribution in [2.45, 2.75) is 61.7 Å². The van der Waals surface area contributed by atoms with Gasteiger partial charge in [-0.25, -0.2) is 8.42 Å². The SMILES string of the molecule is COCCN(C)CCCCO[C@H]1CC[C@H](N(C)S(=O)(=O)c2ccc(C(F)(F)F)cc2)CC1. The van der Waals surface area contributed by atoms with Crippen LogP contribution in [0.25, 0.3) is 0 Å². The van der Waals surface area contributed by atoms with E-state index in [0.29, 0.717) is 19.4 Å². The smallest absolute Gasteiger partial charge is 0.383 e. The fraction of sp³-hybridized carbons (Fsp3) is 0.727. The molecule has 0 atom stereocenters. The molecule has 1 fully saturated rings. The highest BCUT2D eigenvalue weighted by atomic mass is 32.2. The van der Waals surface area contributed by atoms with Crippen LogP contribution in [0.3, 0.4) is 0 Å². The number of rotatable bonds is 12. The second-order valence-corrected chi connectivity index (χ2v) is 10.3. The molecule has 0 saturated heterocycles. The van der Waals surface area contributed by atoms with Crippen molar-refractivity contribution in [2.75, 3.05) is 47.5 Å². The molecule has 1 saturated carbocycles. The summed E-state index contributed by atoms with van der Waals surface area (Å²) in [6.45, 7) is 3.31. The number of unbranched alkanes of at least 4 members (excludes halogenated alkanes) is 1. The first kappa shape index (κ1) is 27.0. The Labute approximate surface area is 189 Å². The fourth-order valence-corrected chi connectivity index (χ4v) is 5.26. The van der Waals surface area contributed by atoms with Gasteiger partial charge in [-0.15, -0.1) is 0 Å². The summed E-state index contributed by atoms with van der Waals surface area (Å²) in [5.41, 5.74) is -0.863. The lowest BCUT2D eigenvalue weighted by Crippen LogP contribution is -2.40. The second-order valence-electron chi connectivity index (χ2n) is 8.35. The van der Waals surface area contributed by atoms with Crippen LogP contribution in [0.2, 0.25) is 0 Å². The Balaban J connectivity index is 1.75. The summed E-state index contributed by atoms with van der Waals surface area (Å²) < 4.78 is 76.2. The Bertz CT molecular complexity index is 779. The predicted octanol–water partition coefficient (Wildman–Crippen LogP) is 4.01. The minimum Gasteiger partial charge on any atom is -0.383 e. The number of likely N-dealkylation sites (N-methyl/N-ethyl adjacent to an activating group) is 1. The lowest BCUT2D eigenvalue weighted by atomic mass is 9.93. The first-order valence-corrected chi connectivity index (χ1v) is 12.4. The van der Waals surface area contributed by atoms with Gasteiger partial charge in [0.05, 0.1) is 23.2 Å². The molecule has 0 heterocycles. The molecule has 1 aliphatic carbocycles. The molecule has 1 aromatic carbocycles. The summed E-state index contributed by atoms with van der Waals surface area (Å²) in [5, 5.41) is 0. The van der Waals surface area contributed by atoms with E-state index < -0.39 is 21.8 Å². The molecule has 0 spiro atoms. The normalized spacial score (nSPS) is 20.2. The molecular formula is C22H35F3N2O4S. The first-order chi connectivity index (χ1) is 15.1. The van der Waals surface area contributed by atoms with E-state index in [1.165, 1.54) is 11.4 Å². The molecule has 0 amide bonds. The predicted molar refractivity (Wildman–Crippen MR) is 117 cm³/mol. The molecule has 0 aromatic heterocycles. The third-order valence-corrected chi connectivity index (χ3v) is 7.91. The van der Waals surface area contributed by atoms with Crippen LogP contribution < -0.4 is 0 Å². The number of benzene rings is 1. The van der Waals surface area contributed by atoms with Gasteiger partial charge in [-0.3, -0.25) is 0 Å². The highest BCUT2D eigenvalue weighted by molar-refractivity contribution is 7.89. The molecule has 1 aliphatic rings. The minimum atomic E-state index is -4.49. The fourth-order valence-electron chi connectivity index (χ4n) is 3.85. The van der Waals surface area contributed by atoms with Gasteiger partial charge >= 0.3 is 6.18 Å². The van der Waals surface area contributed by atoms with Gasteiger partial charge in [-0.2, -0.15) is 17.5 Å². The Hall–Kier alpha value is -1.20. The second kappa shape index (κ2) is 12.3. The molecule has 184 valence electrons. The van der Waals surface area contributed by atoms with Crippen LogP contribution in [-0.4, -0.2) is 77.3 Å². The highest BCUT2D eigenvalue weighted by Crippen LogP contribution is 2.32. The highest BCUT2D eigenvalue weighted by Gasteiger charge is 2.34. The lowest BCUT2D eigenvalue weighted by molar-refractivity contribution is -0.137. The Morgan fingerprint density at radius 1 is 0.969 bits per heavy atom. The van der Waals surface area contributed by atoms with Crippen molar-refractivity contribution in [3.05, 3.63) is 29.8 Å². The quantitative estimate of drug-likeness (QED) is 0.423. The Morgan fingerprint density at radius 3 is 2.16 bits per heavy atom. The third kappa shape index (κ3) is 7.98. The maximum Gasteiger partial charge on any atom is 0.416 e. The molecule has 32 heavy (non-hydrogen) atoms. The molecule has 0 N–H and O–H groups in total. The number of hydrogen-bond donors (Lipinski definition) is 0. The van der Waals surface area contributed by atoms with Crippen LogP contribution in [0, 0.1) is 0 Å². The first-order valence-electron chi connectivity index (χ1n) is 11.0. The monoisotopic (exact) mass is 480 g/mol. The van der Waals surface area contributed by atoms with Gasteiger partial charge < -0.3 is 14.4 Å². The lowest BCUT2D eigenvalue weighted by Gasteiger charge is -2.34. The molecule has 6 nitrogen and oxygen atoms in total. The number of alkyl halides is 3. The van der Waals surface area contributed by atoms with Crippen LogP contribution in [0.1, 0.15) is 44.1 Å². The van der Waals surface area contributed by atoms with E-state index in [4.69, 9.17) is 9.47 Å². The average molecular weight is 481 g/mol. The molecule has 0 unspecified atom stereocenters. The van der Waals surface area contributed by atoms with Crippen molar-refractivity contribution >= 4 is 10.0 Å². The number of sulfonamides is 1. The summed E-state index contributed by atoms with van der Waals surface area (Å²) in [7, 11) is 1.41. The Morgan fingerprint density at radius 2 is 1.59 bits per heavy atom. The van der Waals surface area contributed by atoms with Gasteiger partial charge in [0.15, 0.2) is 0 Å². The molecule has 10 heteroatoms. The van der Waals surface area contributed by atoms with Crippen molar-refractivity contribution in [1.29, 1.82) is 0 Å². The zero-order chi connectivity index (χ0) is 23.8. The van der Waals surface area contributed by atoms with E-state index in [1.807, 2.05) is 0 Å². The van der Waals surface area contributed by atoms with E-state index in [1.54, 1.807) is 7.11 Å². The van der Waals surface area contributed by atoms with E-state index >= 15 is 0 Å². The van der Waals surface area contributed by atoms with Crippen molar-refractivity contribution in [2.24, 2.45) is 0 Å². The van der Waals surface area contributed by atoms with E-state index in [2.05, 4.69) is 11.9 Å². The minimum absolute atomic E-state index is 0.123. The Kier molecular flexibility index (Phi) is 10.4. The zero-order valence-electron chi connectivity index (χ0n) is 19.1. The van der Waals surface area contributed by atoms with Gasteiger partial charge in [-0.05, 0) is 76.4 Å². The number of ether oxygens (including phenoxy) is 2. The molecule has 1 aromatic rings. The van der Waals surface area contributed by atoms with Gasteiger partial charge in [0.25, 0.3) is 0 Å². The van der Waals surface area contributed by atoms with Crippen molar-refractivity contribution in [3.63, 3.8) is 0 Å². The number of nitrogens with zero attached hydrogens (tertiary/aromatic N) is 2. The van der Waals surface area contributed by atoms with E-state index in [0.717, 1.165) is 69.6 Å². The van der Waals surface area contributed by atoms with Gasteiger partial charge in [-0.1, -0.05) is 0 Å². The molecule has 0 aliphatic heterocycles. The average Bonchev–Trinajstić information content (AvgIpc) is 2.77. The number of hydrogen-bond acceptors (Lipinski definition) is 5. The van der Waals surface area contributed by atoms with Crippen LogP contribution in [0.15, 0.2) is 29.2 Å². The number of methoxy groups -OCH3 is 1. The molecular weight excluding hydrogens is 445 g/mol. The molecule has 0 radical (unpaired) electrons. The molecule has 2 rings (SSSR count). The summed E-state index contributed by atoms with van der Waals surface area (Å²) in [5.74, 6) is 0. The standard InChI is InChI=1S/C22H35F3N2O4S/c1-26(15-17-30-3)14-4-5-16-31-20-10-8-19(9-11-20)27(2)32(28,29)21-12-6-18(7-13-21)22(23,24)25/h6-7,12-13,19-20H,4-5,8-11,14-17H2,1-3H3/t19-,20-. The topological polar surface area (TPSA) is 59.1 Å². The maximum atomic E-state index is 12.8. The van der Waals surface area contributed by atoms with Gasteiger partial charge in [0, 0.05) is 33.4 Å². The van der Waals surface area contributed by atoms with Crippen molar-refractivity contribution in [3.8, 4) is 0 Å². The van der Waals surface area contributed by atoms with Gasteiger partial charge in [0.1, 0.15) is 0 Å². The number of halogens is 3. The zero-order valence-corrected chi connectivity index (χ0v) is 19.9. The summed E-state index contributed by atoms with van der Waals surface area (Å²) in [4.78, 5) is 2.10. The van der Waals surface area contributed by atoms with Gasteiger partial charge in [0.2, 0.25) is 10.0 Å². The third-order valence-electron chi connectivity index (χ3n) is 5.98. The largest absolute Gasteiger partial charge is 0.416 e. The summed E-state index contributed by atoms with van der Waals surface area (Å²) in [6, 6.07) is 3.48. The van der Waals surface area contributed by atoms with Crippen LogP contribution in [-0.2, 0) is 25.7 Å².